The van der Waals surface area contributed by atoms with Crippen LogP contribution in [0.15, 0.2) is 66.5 Å². The summed E-state index contributed by atoms with van der Waals surface area (Å²) in [4.78, 5) is 26.8. The lowest BCUT2D eigenvalue weighted by Gasteiger charge is -2.57. The minimum atomic E-state index is -0.508. The highest BCUT2D eigenvalue weighted by atomic mass is 19.1. The van der Waals surface area contributed by atoms with E-state index in [1.165, 1.54) is 17.7 Å². The third kappa shape index (κ3) is 5.75. The van der Waals surface area contributed by atoms with Crippen molar-refractivity contribution in [2.75, 3.05) is 13.1 Å². The first-order valence-corrected chi connectivity index (χ1v) is 13.3. The van der Waals surface area contributed by atoms with Crippen LogP contribution in [0, 0.1) is 11.2 Å². The van der Waals surface area contributed by atoms with E-state index in [1.807, 2.05) is 52.0 Å². The van der Waals surface area contributed by atoms with Crippen LogP contribution in [0.2, 0.25) is 0 Å². The Morgan fingerprint density at radius 1 is 1.00 bits per heavy atom. The molecule has 3 aromatic rings. The molecule has 0 unspecified atom stereocenters. The van der Waals surface area contributed by atoms with Gasteiger partial charge in [0.25, 0.3) is 5.91 Å². The predicted octanol–water partition coefficient (Wildman–Crippen LogP) is 5.88. The molecule has 1 atom stereocenters. The number of benzene rings is 2. The van der Waals surface area contributed by atoms with Crippen molar-refractivity contribution >= 4 is 17.6 Å². The highest BCUT2D eigenvalue weighted by molar-refractivity contribution is 5.94. The zero-order valence-corrected chi connectivity index (χ0v) is 23.1. The topological polar surface area (TPSA) is 76.5 Å². The van der Waals surface area contributed by atoms with Crippen molar-refractivity contribution in [3.05, 3.63) is 94.6 Å². The first kappa shape index (κ1) is 26.7. The fourth-order valence-electron chi connectivity index (χ4n) is 5.50. The number of amides is 2. The van der Waals surface area contributed by atoms with Crippen molar-refractivity contribution in [2.24, 2.45) is 12.5 Å². The van der Waals surface area contributed by atoms with Gasteiger partial charge in [0.05, 0.1) is 17.8 Å². The number of ether oxygens (including phenoxy) is 1. The lowest BCUT2D eigenvalue weighted by molar-refractivity contribution is -0.0500. The van der Waals surface area contributed by atoms with Crippen LogP contribution >= 0.6 is 0 Å². The maximum Gasteiger partial charge on any atom is 0.410 e. The number of hydrogen-bond acceptors (Lipinski definition) is 4. The third-order valence-electron chi connectivity index (χ3n) is 7.38. The molecule has 1 spiro atoms. The highest BCUT2D eigenvalue weighted by Gasteiger charge is 2.53. The van der Waals surface area contributed by atoms with Crippen LogP contribution in [-0.4, -0.2) is 45.4 Å². The van der Waals surface area contributed by atoms with Gasteiger partial charge in [-0.25, -0.2) is 9.18 Å². The molecule has 1 saturated heterocycles. The van der Waals surface area contributed by atoms with Crippen molar-refractivity contribution in [1.82, 2.24) is 20.0 Å². The van der Waals surface area contributed by atoms with E-state index < -0.39 is 5.60 Å². The SMILES string of the molecule is C[C@@H](NC(=O)c1cnn(C)c1)c1ccc(C(=C2CC3(C2)CN(C(=O)OC(C)(C)C)C3)c2ccc(F)cc2)cc1. The molecule has 2 aromatic carbocycles. The molecule has 2 aliphatic rings. The van der Waals surface area contributed by atoms with Crippen molar-refractivity contribution in [3.8, 4) is 0 Å². The summed E-state index contributed by atoms with van der Waals surface area (Å²) in [5, 5.41) is 7.08. The van der Waals surface area contributed by atoms with Gasteiger partial charge >= 0.3 is 6.09 Å². The Morgan fingerprint density at radius 2 is 1.59 bits per heavy atom. The number of aromatic nitrogens is 2. The highest BCUT2D eigenvalue weighted by Crippen LogP contribution is 2.54. The zero-order valence-electron chi connectivity index (χ0n) is 23.1. The third-order valence-corrected chi connectivity index (χ3v) is 7.38. The van der Waals surface area contributed by atoms with Crippen LogP contribution in [0.25, 0.3) is 5.57 Å². The van der Waals surface area contributed by atoms with Gasteiger partial charge in [0, 0.05) is 31.7 Å². The van der Waals surface area contributed by atoms with E-state index in [-0.39, 0.29) is 29.3 Å². The molecule has 2 fully saturated rings. The Balaban J connectivity index is 1.32. The standard InChI is InChI=1S/C31H35FN4O3/c1-20(34-28(37)25-16-33-35(5)17-25)21-6-8-22(9-7-21)27(23-10-12-26(32)13-11-23)24-14-31(15-24)18-36(19-31)29(38)39-30(2,3)4/h6-13,16-17,20H,14-15,18-19H2,1-5H3,(H,34,37)/t20-/m1/s1. The van der Waals surface area contributed by atoms with Crippen LogP contribution in [0.4, 0.5) is 9.18 Å². The summed E-state index contributed by atoms with van der Waals surface area (Å²) in [7, 11) is 1.78. The Bertz CT molecular complexity index is 1400. The van der Waals surface area contributed by atoms with Gasteiger partial charge in [-0.15, -0.1) is 0 Å². The molecular weight excluding hydrogens is 495 g/mol. The average molecular weight is 531 g/mol. The number of rotatable bonds is 5. The molecule has 5 rings (SSSR count). The number of hydrogen-bond donors (Lipinski definition) is 1. The summed E-state index contributed by atoms with van der Waals surface area (Å²) < 4.78 is 20.9. The number of nitrogens with one attached hydrogen (secondary N) is 1. The Kier molecular flexibility index (Phi) is 6.83. The quantitative estimate of drug-likeness (QED) is 0.447. The monoisotopic (exact) mass is 530 g/mol. The molecule has 1 N–H and O–H groups in total. The summed E-state index contributed by atoms with van der Waals surface area (Å²) in [6.07, 6.45) is 4.75. The van der Waals surface area contributed by atoms with E-state index in [4.69, 9.17) is 4.74 Å². The van der Waals surface area contributed by atoms with E-state index >= 15 is 0 Å². The molecule has 1 saturated carbocycles. The molecule has 7 nitrogen and oxygen atoms in total. The van der Waals surface area contributed by atoms with E-state index in [0.717, 1.165) is 35.1 Å². The molecule has 1 aliphatic heterocycles. The van der Waals surface area contributed by atoms with Gasteiger partial charge in [-0.2, -0.15) is 5.10 Å². The Labute approximate surface area is 228 Å². The van der Waals surface area contributed by atoms with Crippen LogP contribution in [-0.2, 0) is 11.8 Å². The average Bonchev–Trinajstić information content (AvgIpc) is 3.26. The van der Waals surface area contributed by atoms with Gasteiger partial charge in [0.1, 0.15) is 11.4 Å². The number of allylic oxidation sites excluding steroid dienone is 1. The molecule has 1 aromatic heterocycles. The van der Waals surface area contributed by atoms with Crippen LogP contribution in [0.3, 0.4) is 0 Å². The normalized spacial score (nSPS) is 16.8. The molecular formula is C31H35FN4O3. The predicted molar refractivity (Wildman–Crippen MR) is 147 cm³/mol. The minimum absolute atomic E-state index is 0.0859. The molecule has 39 heavy (non-hydrogen) atoms. The maximum absolute atomic E-state index is 13.7. The molecule has 2 amide bonds. The summed E-state index contributed by atoms with van der Waals surface area (Å²) in [6, 6.07) is 14.6. The minimum Gasteiger partial charge on any atom is -0.444 e. The summed E-state index contributed by atoms with van der Waals surface area (Å²) >= 11 is 0. The van der Waals surface area contributed by atoms with Crippen LogP contribution in [0.5, 0.6) is 0 Å². The molecule has 1 aliphatic carbocycles. The largest absolute Gasteiger partial charge is 0.444 e. The summed E-state index contributed by atoms with van der Waals surface area (Å²) in [5.74, 6) is -0.441. The number of halogens is 1. The molecule has 0 bridgehead atoms. The van der Waals surface area contributed by atoms with Crippen molar-refractivity contribution in [3.63, 3.8) is 0 Å². The van der Waals surface area contributed by atoms with Crippen LogP contribution < -0.4 is 5.32 Å². The summed E-state index contributed by atoms with van der Waals surface area (Å²) in [5.41, 5.74) is 5.50. The van der Waals surface area contributed by atoms with E-state index in [9.17, 15) is 14.0 Å². The lowest BCUT2D eigenvalue weighted by Crippen LogP contribution is -2.62. The number of aryl methyl sites for hydroxylation is 1. The molecule has 204 valence electrons. The smallest absolute Gasteiger partial charge is 0.410 e. The second kappa shape index (κ2) is 9.98. The van der Waals surface area contributed by atoms with Gasteiger partial charge in [0.2, 0.25) is 0 Å². The van der Waals surface area contributed by atoms with Crippen molar-refractivity contribution < 1.29 is 18.7 Å². The molecule has 2 heterocycles. The second-order valence-electron chi connectivity index (χ2n) is 11.9. The van der Waals surface area contributed by atoms with E-state index in [0.29, 0.717) is 18.7 Å². The van der Waals surface area contributed by atoms with Crippen molar-refractivity contribution in [1.29, 1.82) is 0 Å². The fraction of sp³-hybridized carbons (Fsp3) is 0.387. The first-order chi connectivity index (χ1) is 18.4. The van der Waals surface area contributed by atoms with Crippen molar-refractivity contribution in [2.45, 2.75) is 52.2 Å². The first-order valence-electron chi connectivity index (χ1n) is 13.3. The summed E-state index contributed by atoms with van der Waals surface area (Å²) in [6.45, 7) is 8.96. The maximum atomic E-state index is 13.7. The van der Waals surface area contributed by atoms with Gasteiger partial charge in [-0.3, -0.25) is 9.48 Å². The number of nitrogens with zero attached hydrogens (tertiary/aromatic N) is 3. The Hall–Kier alpha value is -3.94. The van der Waals surface area contributed by atoms with Gasteiger partial charge in [-0.1, -0.05) is 42.0 Å². The molecule has 8 heteroatoms. The second-order valence-corrected chi connectivity index (χ2v) is 11.9. The number of carbonyl (C=O) groups is 2. The number of likely N-dealkylation sites (tertiary alicyclic amines) is 1. The fourth-order valence-corrected chi connectivity index (χ4v) is 5.50. The molecule has 0 radical (unpaired) electrons. The van der Waals surface area contributed by atoms with Gasteiger partial charge in [0.15, 0.2) is 0 Å². The van der Waals surface area contributed by atoms with Gasteiger partial charge < -0.3 is 15.0 Å². The zero-order chi connectivity index (χ0) is 27.9. The van der Waals surface area contributed by atoms with E-state index in [1.54, 1.807) is 29.0 Å². The lowest BCUT2D eigenvalue weighted by atomic mass is 9.59. The van der Waals surface area contributed by atoms with Crippen LogP contribution in [0.1, 0.15) is 73.6 Å². The van der Waals surface area contributed by atoms with Gasteiger partial charge in [-0.05, 0) is 74.9 Å². The van der Waals surface area contributed by atoms with E-state index in [2.05, 4.69) is 22.5 Å². The number of carbonyl (C=O) groups excluding carboxylic acids is 2. The Morgan fingerprint density at radius 3 is 2.13 bits per heavy atom.